The van der Waals surface area contributed by atoms with Crippen LogP contribution < -0.4 is 4.90 Å². The van der Waals surface area contributed by atoms with E-state index < -0.39 is 10.0 Å². The van der Waals surface area contributed by atoms with Gasteiger partial charge < -0.3 is 10.0 Å². The van der Waals surface area contributed by atoms with Crippen LogP contribution in [-0.2, 0) is 16.4 Å². The summed E-state index contributed by atoms with van der Waals surface area (Å²) >= 11 is 0. The number of phenols is 1. The Bertz CT molecular complexity index is 863. The predicted octanol–water partition coefficient (Wildman–Crippen LogP) is 1.73. The summed E-state index contributed by atoms with van der Waals surface area (Å²) in [7, 11) is -3.04. The Morgan fingerprint density at radius 3 is 2.15 bits per heavy atom. The number of benzene rings is 2. The third-order valence-electron chi connectivity index (χ3n) is 5.35. The van der Waals surface area contributed by atoms with Gasteiger partial charge in [-0.1, -0.05) is 30.3 Å². The summed E-state index contributed by atoms with van der Waals surface area (Å²) in [5, 5.41) is 9.46. The Kier molecular flexibility index (Phi) is 5.08. The number of hydrogen-bond acceptors (Lipinski definition) is 5. The molecule has 0 radical (unpaired) electrons. The number of piperazine rings is 1. The highest BCUT2D eigenvalue weighted by Crippen LogP contribution is 2.27. The molecule has 2 aliphatic rings. The fourth-order valence-electron chi connectivity index (χ4n) is 3.76. The van der Waals surface area contributed by atoms with Gasteiger partial charge in [0.2, 0.25) is 10.0 Å². The van der Waals surface area contributed by atoms with Gasteiger partial charge in [-0.3, -0.25) is 4.90 Å². The third-order valence-corrected chi connectivity index (χ3v) is 6.80. The van der Waals surface area contributed by atoms with Gasteiger partial charge in [0.1, 0.15) is 11.6 Å². The normalized spacial score (nSPS) is 23.1. The van der Waals surface area contributed by atoms with Crippen LogP contribution in [0.2, 0.25) is 0 Å². The average Bonchev–Trinajstić information content (AvgIpc) is 3.32. The summed E-state index contributed by atoms with van der Waals surface area (Å²) in [5.74, 6) is 0.381. The summed E-state index contributed by atoms with van der Waals surface area (Å²) in [6, 6.07) is 17.4. The molecule has 2 saturated heterocycles. The molecule has 27 heavy (non-hydrogen) atoms. The molecular formula is C20H25N3O3S. The monoisotopic (exact) mass is 387 g/mol. The topological polar surface area (TPSA) is 63.9 Å². The van der Waals surface area contributed by atoms with E-state index in [0.717, 1.165) is 38.3 Å². The van der Waals surface area contributed by atoms with Gasteiger partial charge in [-0.2, -0.15) is 4.31 Å². The summed E-state index contributed by atoms with van der Waals surface area (Å²) in [6.45, 7) is 4.48. The van der Waals surface area contributed by atoms with E-state index in [9.17, 15) is 13.5 Å². The van der Waals surface area contributed by atoms with Crippen LogP contribution >= 0.6 is 0 Å². The largest absolute Gasteiger partial charge is 0.508 e. The lowest BCUT2D eigenvalue weighted by molar-refractivity contribution is 0.212. The van der Waals surface area contributed by atoms with Crippen molar-refractivity contribution in [3.63, 3.8) is 0 Å². The number of nitrogens with zero attached hydrogens (tertiary/aromatic N) is 3. The molecular weight excluding hydrogens is 362 g/mol. The zero-order valence-corrected chi connectivity index (χ0v) is 16.1. The van der Waals surface area contributed by atoms with Crippen molar-refractivity contribution in [2.45, 2.75) is 12.5 Å². The molecule has 2 aromatic carbocycles. The van der Waals surface area contributed by atoms with Crippen molar-refractivity contribution in [3.8, 4) is 5.75 Å². The molecule has 2 unspecified atom stereocenters. The molecule has 2 atom stereocenters. The molecule has 2 aliphatic heterocycles. The first-order valence-corrected chi connectivity index (χ1v) is 10.9. The number of rotatable bonds is 6. The van der Waals surface area contributed by atoms with Crippen molar-refractivity contribution in [1.29, 1.82) is 0 Å². The van der Waals surface area contributed by atoms with Gasteiger partial charge in [-0.05, 0) is 36.2 Å². The molecule has 0 spiro atoms. The Labute approximate surface area is 160 Å². The lowest BCUT2D eigenvalue weighted by Gasteiger charge is -2.37. The van der Waals surface area contributed by atoms with Crippen molar-refractivity contribution in [1.82, 2.24) is 9.21 Å². The van der Waals surface area contributed by atoms with E-state index >= 15 is 0 Å². The van der Waals surface area contributed by atoms with Crippen LogP contribution in [0.4, 0.5) is 5.69 Å². The second-order valence-corrected chi connectivity index (χ2v) is 9.17. The first-order valence-electron chi connectivity index (χ1n) is 9.31. The number of sulfonamides is 1. The van der Waals surface area contributed by atoms with E-state index in [2.05, 4.69) is 34.1 Å². The van der Waals surface area contributed by atoms with Crippen LogP contribution in [0.1, 0.15) is 5.56 Å². The molecule has 2 fully saturated rings. The number of hydrogen-bond donors (Lipinski definition) is 1. The molecule has 2 aromatic rings. The number of anilines is 1. The molecule has 0 saturated carbocycles. The summed E-state index contributed by atoms with van der Waals surface area (Å²) in [6.07, 6.45) is 0.665. The standard InChI is InChI=1S/C20H25N3O3S/c24-20-8-6-17(7-9-20)14-19(23-16-27(23,25)26)15-21-10-12-22(13-11-21)18-4-2-1-3-5-18/h1-9,19,24H,10-16H2. The van der Waals surface area contributed by atoms with Crippen molar-refractivity contribution in [3.05, 3.63) is 60.2 Å². The molecule has 6 nitrogen and oxygen atoms in total. The summed E-state index contributed by atoms with van der Waals surface area (Å²) < 4.78 is 25.4. The lowest BCUT2D eigenvalue weighted by Crippen LogP contribution is -2.50. The van der Waals surface area contributed by atoms with E-state index in [4.69, 9.17) is 0 Å². The van der Waals surface area contributed by atoms with Gasteiger partial charge >= 0.3 is 0 Å². The Morgan fingerprint density at radius 2 is 1.56 bits per heavy atom. The van der Waals surface area contributed by atoms with Crippen molar-refractivity contribution < 1.29 is 13.5 Å². The maximum atomic E-state index is 11.9. The summed E-state index contributed by atoms with van der Waals surface area (Å²) in [5.41, 5.74) is 2.29. The second-order valence-electron chi connectivity index (χ2n) is 7.28. The van der Waals surface area contributed by atoms with Crippen LogP contribution in [0, 0.1) is 0 Å². The van der Waals surface area contributed by atoms with Crippen molar-refractivity contribution in [2.24, 2.45) is 0 Å². The predicted molar refractivity (Wildman–Crippen MR) is 106 cm³/mol. The number of phenolic OH excluding ortho intramolecular Hbond substituents is 1. The van der Waals surface area contributed by atoms with Gasteiger partial charge in [-0.15, -0.1) is 0 Å². The van der Waals surface area contributed by atoms with Gasteiger partial charge in [-0.25, -0.2) is 8.42 Å². The molecule has 0 aliphatic carbocycles. The fourth-order valence-corrected chi connectivity index (χ4v) is 5.10. The first kappa shape index (κ1) is 18.3. The zero-order chi connectivity index (χ0) is 18.9. The van der Waals surface area contributed by atoms with E-state index in [-0.39, 0.29) is 17.7 Å². The summed E-state index contributed by atoms with van der Waals surface area (Å²) in [4.78, 5) is 4.73. The Hall–Kier alpha value is -2.09. The highest BCUT2D eigenvalue weighted by atomic mass is 32.2. The highest BCUT2D eigenvalue weighted by Gasteiger charge is 2.46. The quantitative estimate of drug-likeness (QED) is 0.765. The first-order chi connectivity index (χ1) is 13.0. The smallest absolute Gasteiger partial charge is 0.229 e. The van der Waals surface area contributed by atoms with Gasteiger partial charge in [0.05, 0.1) is 0 Å². The zero-order valence-electron chi connectivity index (χ0n) is 15.2. The van der Waals surface area contributed by atoms with Gasteiger partial charge in [0, 0.05) is 44.5 Å². The SMILES string of the molecule is O=S1(=O)CN1C(Cc1ccc(O)cc1)CN1CCN(c2ccccc2)CC1. The van der Waals surface area contributed by atoms with Gasteiger partial charge in [0.25, 0.3) is 0 Å². The maximum Gasteiger partial charge on any atom is 0.229 e. The minimum atomic E-state index is -3.04. The molecule has 0 amide bonds. The Balaban J connectivity index is 1.38. The minimum Gasteiger partial charge on any atom is -0.508 e. The van der Waals surface area contributed by atoms with Crippen LogP contribution in [0.25, 0.3) is 0 Å². The van der Waals surface area contributed by atoms with Crippen LogP contribution in [-0.4, -0.2) is 67.4 Å². The minimum absolute atomic E-state index is 0.0529. The second kappa shape index (κ2) is 7.50. The molecule has 0 aromatic heterocycles. The molecule has 1 N–H and O–H groups in total. The molecule has 144 valence electrons. The maximum absolute atomic E-state index is 11.9. The van der Waals surface area contributed by atoms with Gasteiger partial charge in [0.15, 0.2) is 0 Å². The van der Waals surface area contributed by atoms with Crippen molar-refractivity contribution >= 4 is 15.7 Å². The third kappa shape index (κ3) is 4.43. The van der Waals surface area contributed by atoms with Crippen molar-refractivity contribution in [2.75, 3.05) is 43.5 Å². The van der Waals surface area contributed by atoms with E-state index in [0.29, 0.717) is 6.42 Å². The lowest BCUT2D eigenvalue weighted by atomic mass is 10.0. The molecule has 4 rings (SSSR count). The van der Waals surface area contributed by atoms with Crippen LogP contribution in [0.3, 0.4) is 0 Å². The fraction of sp³-hybridized carbons (Fsp3) is 0.400. The molecule has 7 heteroatoms. The molecule has 0 bridgehead atoms. The number of para-hydroxylation sites is 1. The van der Waals surface area contributed by atoms with E-state index in [1.165, 1.54) is 5.69 Å². The Morgan fingerprint density at radius 1 is 0.926 bits per heavy atom. The molecule has 2 heterocycles. The van der Waals surface area contributed by atoms with E-state index in [1.807, 2.05) is 18.2 Å². The average molecular weight is 388 g/mol. The van der Waals surface area contributed by atoms with Crippen LogP contribution in [0.15, 0.2) is 54.6 Å². The van der Waals surface area contributed by atoms with Crippen LogP contribution in [0.5, 0.6) is 5.75 Å². The van der Waals surface area contributed by atoms with E-state index in [1.54, 1.807) is 16.4 Å². The number of aromatic hydroxyl groups is 1. The highest BCUT2D eigenvalue weighted by molar-refractivity contribution is 7.95.